The van der Waals surface area contributed by atoms with Crippen molar-refractivity contribution in [3.05, 3.63) is 35.3 Å². The Morgan fingerprint density at radius 3 is 2.50 bits per heavy atom. The fourth-order valence-corrected chi connectivity index (χ4v) is 1.17. The van der Waals surface area contributed by atoms with E-state index in [2.05, 4.69) is 11.7 Å². The molecule has 0 amide bonds. The summed E-state index contributed by atoms with van der Waals surface area (Å²) in [5.41, 5.74) is 1.23. The maximum Gasteiger partial charge on any atom is -0.0111 e. The summed E-state index contributed by atoms with van der Waals surface area (Å²) in [7, 11) is 1.43. The molecular weight excluding hydrogens is 136 g/mol. The summed E-state index contributed by atoms with van der Waals surface area (Å²) in [6.07, 6.45) is 8.11. The molecule has 0 aliphatic heterocycles. The van der Waals surface area contributed by atoms with Gasteiger partial charge in [0.05, 0.1) is 0 Å². The molecule has 0 aromatic heterocycles. The van der Waals surface area contributed by atoms with Crippen LogP contribution >= 0.6 is 22.5 Å². The molecule has 1 aliphatic rings. The van der Waals surface area contributed by atoms with Crippen LogP contribution in [0.5, 0.6) is 0 Å². The highest BCUT2D eigenvalue weighted by atomic mass is 33.1. The molecule has 0 radical (unpaired) electrons. The first-order chi connectivity index (χ1) is 3.93. The molecule has 0 aromatic carbocycles. The van der Waals surface area contributed by atoms with Crippen molar-refractivity contribution < 1.29 is 0 Å². The monoisotopic (exact) mass is 142 g/mol. The molecule has 0 saturated heterocycles. The molecule has 42 valence electrons. The van der Waals surface area contributed by atoms with Gasteiger partial charge in [-0.2, -0.15) is 0 Å². The second-order valence-corrected chi connectivity index (χ2v) is 2.52. The maximum absolute atomic E-state index is 3.97. The number of hydrogen-bond donors (Lipinski definition) is 1. The first-order valence-corrected chi connectivity index (χ1v) is 4.22. The zero-order valence-corrected chi connectivity index (χ0v) is 5.95. The van der Waals surface area contributed by atoms with Crippen LogP contribution in [0.15, 0.2) is 35.3 Å². The van der Waals surface area contributed by atoms with Crippen molar-refractivity contribution in [3.8, 4) is 0 Å². The molecule has 0 saturated carbocycles. The van der Waals surface area contributed by atoms with Crippen LogP contribution in [-0.4, -0.2) is 0 Å². The molecule has 1 rings (SSSR count). The largest absolute Gasteiger partial charge is 0.107 e. The lowest BCUT2D eigenvalue weighted by atomic mass is 10.3. The van der Waals surface area contributed by atoms with E-state index in [9.17, 15) is 0 Å². The molecule has 1 aliphatic carbocycles. The highest BCUT2D eigenvalue weighted by molar-refractivity contribution is 8.69. The van der Waals surface area contributed by atoms with Crippen LogP contribution in [0.25, 0.3) is 0 Å². The zero-order chi connectivity index (χ0) is 5.82. The third-order valence-electron chi connectivity index (χ3n) is 0.877. The van der Waals surface area contributed by atoms with Gasteiger partial charge in [0.2, 0.25) is 0 Å². The average Bonchev–Trinajstić information content (AvgIpc) is 2.19. The predicted molar refractivity (Wildman–Crippen MR) is 42.9 cm³/mol. The van der Waals surface area contributed by atoms with Crippen LogP contribution in [0, 0.1) is 0 Å². The van der Waals surface area contributed by atoms with Gasteiger partial charge in [0.25, 0.3) is 0 Å². The van der Waals surface area contributed by atoms with E-state index in [0.717, 1.165) is 0 Å². The van der Waals surface area contributed by atoms with E-state index in [4.69, 9.17) is 0 Å². The van der Waals surface area contributed by atoms with Gasteiger partial charge in [-0.25, -0.2) is 0 Å². The van der Waals surface area contributed by atoms with Crippen molar-refractivity contribution in [2.45, 2.75) is 0 Å². The molecule has 0 N–H and O–H groups in total. The normalized spacial score (nSPS) is 15.4. The summed E-state index contributed by atoms with van der Waals surface area (Å²) in [4.78, 5) is 0. The maximum atomic E-state index is 3.97. The molecule has 0 heterocycles. The van der Waals surface area contributed by atoms with Gasteiger partial charge in [0.15, 0.2) is 0 Å². The van der Waals surface area contributed by atoms with Gasteiger partial charge in [-0.05, 0) is 11.0 Å². The Hall–Kier alpha value is -0.0800. The lowest BCUT2D eigenvalue weighted by Gasteiger charge is -1.81. The van der Waals surface area contributed by atoms with Crippen molar-refractivity contribution >= 4 is 22.5 Å². The molecule has 0 unspecified atom stereocenters. The van der Waals surface area contributed by atoms with Crippen molar-refractivity contribution in [1.82, 2.24) is 0 Å². The SMILES string of the molecule is SSC=C1C=CC=C1. The molecule has 0 bridgehead atoms. The highest BCUT2D eigenvalue weighted by Gasteiger charge is 1.87. The van der Waals surface area contributed by atoms with Gasteiger partial charge in [-0.3, -0.25) is 0 Å². The van der Waals surface area contributed by atoms with E-state index in [1.54, 1.807) is 0 Å². The van der Waals surface area contributed by atoms with E-state index < -0.39 is 0 Å². The summed E-state index contributed by atoms with van der Waals surface area (Å²) < 4.78 is 0. The van der Waals surface area contributed by atoms with Crippen molar-refractivity contribution in [1.29, 1.82) is 0 Å². The fourth-order valence-electron chi connectivity index (χ4n) is 0.528. The predicted octanol–water partition coefficient (Wildman–Crippen LogP) is 2.57. The van der Waals surface area contributed by atoms with E-state index in [0.29, 0.717) is 0 Å². The van der Waals surface area contributed by atoms with Crippen LogP contribution in [0.1, 0.15) is 0 Å². The van der Waals surface area contributed by atoms with Gasteiger partial charge in [0.1, 0.15) is 0 Å². The summed E-state index contributed by atoms with van der Waals surface area (Å²) >= 11 is 3.97. The Kier molecular flexibility index (Phi) is 2.30. The Morgan fingerprint density at radius 1 is 1.38 bits per heavy atom. The van der Waals surface area contributed by atoms with E-state index in [1.807, 2.05) is 29.7 Å². The Labute approximate surface area is 58.2 Å². The van der Waals surface area contributed by atoms with Gasteiger partial charge >= 0.3 is 0 Å². The van der Waals surface area contributed by atoms with Gasteiger partial charge in [0, 0.05) is 0 Å². The average molecular weight is 142 g/mol. The van der Waals surface area contributed by atoms with Crippen LogP contribution in [0.4, 0.5) is 0 Å². The standard InChI is InChI=1S/C6H6S2/c7-8-5-6-3-1-2-4-6/h1-5,7H. The summed E-state index contributed by atoms with van der Waals surface area (Å²) in [6.45, 7) is 0. The molecule has 0 aromatic rings. The number of allylic oxidation sites excluding steroid dienone is 5. The van der Waals surface area contributed by atoms with Crippen LogP contribution in [0.2, 0.25) is 0 Å². The number of thiol groups is 1. The van der Waals surface area contributed by atoms with Gasteiger partial charge < -0.3 is 0 Å². The van der Waals surface area contributed by atoms with Crippen LogP contribution in [0.3, 0.4) is 0 Å². The number of hydrogen-bond acceptors (Lipinski definition) is 2. The molecule has 8 heavy (non-hydrogen) atoms. The highest BCUT2D eigenvalue weighted by Crippen LogP contribution is 2.15. The zero-order valence-electron chi connectivity index (χ0n) is 4.24. The molecule has 0 nitrogen and oxygen atoms in total. The Morgan fingerprint density at radius 2 is 2.00 bits per heavy atom. The van der Waals surface area contributed by atoms with Crippen molar-refractivity contribution in [2.75, 3.05) is 0 Å². The quantitative estimate of drug-likeness (QED) is 0.433. The molecule has 0 spiro atoms. The third kappa shape index (κ3) is 1.46. The Balaban J connectivity index is 2.60. The van der Waals surface area contributed by atoms with E-state index in [1.165, 1.54) is 16.4 Å². The Bertz CT molecular complexity index is 140. The second-order valence-electron chi connectivity index (χ2n) is 1.44. The lowest BCUT2D eigenvalue weighted by molar-refractivity contribution is 1.84. The summed E-state index contributed by atoms with van der Waals surface area (Å²) in [5.74, 6) is 0. The second kappa shape index (κ2) is 3.05. The van der Waals surface area contributed by atoms with Crippen LogP contribution < -0.4 is 0 Å². The number of rotatable bonds is 1. The summed E-state index contributed by atoms with van der Waals surface area (Å²) in [5, 5.41) is 1.99. The minimum Gasteiger partial charge on any atom is -0.107 e. The minimum absolute atomic E-state index is 1.23. The van der Waals surface area contributed by atoms with Gasteiger partial charge in [-0.1, -0.05) is 35.1 Å². The molecule has 2 heteroatoms. The van der Waals surface area contributed by atoms with Gasteiger partial charge in [-0.15, -0.1) is 11.7 Å². The third-order valence-corrected chi connectivity index (χ3v) is 1.57. The van der Waals surface area contributed by atoms with Crippen molar-refractivity contribution in [2.24, 2.45) is 0 Å². The minimum atomic E-state index is 1.23. The first kappa shape index (κ1) is 6.05. The first-order valence-electron chi connectivity index (χ1n) is 2.28. The van der Waals surface area contributed by atoms with E-state index >= 15 is 0 Å². The van der Waals surface area contributed by atoms with E-state index in [-0.39, 0.29) is 0 Å². The molecular formula is C6H6S2. The molecule has 0 fully saturated rings. The van der Waals surface area contributed by atoms with Crippen molar-refractivity contribution in [3.63, 3.8) is 0 Å². The fraction of sp³-hybridized carbons (Fsp3) is 0. The van der Waals surface area contributed by atoms with Crippen LogP contribution in [-0.2, 0) is 0 Å². The molecule has 0 atom stereocenters. The lowest BCUT2D eigenvalue weighted by Crippen LogP contribution is -1.57. The topological polar surface area (TPSA) is 0 Å². The summed E-state index contributed by atoms with van der Waals surface area (Å²) in [6, 6.07) is 0. The smallest absolute Gasteiger partial charge is 0.0111 e.